The van der Waals surface area contributed by atoms with Gasteiger partial charge in [0.2, 0.25) is 0 Å². The molecule has 1 rings (SSSR count). The van der Waals surface area contributed by atoms with Crippen molar-refractivity contribution < 1.29 is 19.4 Å². The third-order valence-electron chi connectivity index (χ3n) is 2.60. The van der Waals surface area contributed by atoms with E-state index in [0.717, 1.165) is 0 Å². The molecule has 1 atom stereocenters. The van der Waals surface area contributed by atoms with E-state index in [2.05, 4.69) is 11.9 Å². The summed E-state index contributed by atoms with van der Waals surface area (Å²) in [5.74, 6) is 0.109. The molecule has 0 aromatic heterocycles. The van der Waals surface area contributed by atoms with Crippen LogP contribution in [0, 0.1) is 0 Å². The molecule has 0 saturated heterocycles. The Morgan fingerprint density at radius 3 is 2.84 bits per heavy atom. The number of rotatable bonds is 7. The minimum atomic E-state index is -0.551. The van der Waals surface area contributed by atoms with Crippen molar-refractivity contribution in [2.75, 3.05) is 26.1 Å². The number of aliphatic hydroxyl groups excluding tert-OH is 1. The predicted octanol–water partition coefficient (Wildman–Crippen LogP) is 1.83. The van der Waals surface area contributed by atoms with Crippen LogP contribution in [0.1, 0.15) is 16.8 Å². The fourth-order valence-corrected chi connectivity index (χ4v) is 1.59. The number of nitrogens with one attached hydrogen (secondary N) is 1. The number of aliphatic hydroxyl groups is 1. The summed E-state index contributed by atoms with van der Waals surface area (Å²) in [5.41, 5.74) is 0.961. The van der Waals surface area contributed by atoms with Crippen molar-refractivity contribution in [3.05, 3.63) is 36.4 Å². The van der Waals surface area contributed by atoms with Gasteiger partial charge in [-0.1, -0.05) is 6.08 Å². The molecule has 0 radical (unpaired) electrons. The van der Waals surface area contributed by atoms with Crippen LogP contribution in [0.15, 0.2) is 30.9 Å². The number of anilines is 1. The Morgan fingerprint density at radius 1 is 1.53 bits per heavy atom. The molecule has 5 nitrogen and oxygen atoms in total. The standard InChI is InChI=1S/C14H19NO4/c1-4-5-10(16)9-15-13-7-6-11(18-2)8-12(13)14(17)19-3/h4,6-8,10,15-16H,1,5,9H2,2-3H3. The van der Waals surface area contributed by atoms with Gasteiger partial charge in [0.25, 0.3) is 0 Å². The molecular weight excluding hydrogens is 246 g/mol. The van der Waals surface area contributed by atoms with Gasteiger partial charge >= 0.3 is 5.97 Å². The summed E-state index contributed by atoms with van der Waals surface area (Å²) in [6.45, 7) is 3.88. The van der Waals surface area contributed by atoms with Gasteiger partial charge in [-0.15, -0.1) is 6.58 Å². The Kier molecular flexibility index (Phi) is 5.89. The Hall–Kier alpha value is -2.01. The normalized spacial score (nSPS) is 11.5. The van der Waals surface area contributed by atoms with Crippen molar-refractivity contribution >= 4 is 11.7 Å². The first-order chi connectivity index (χ1) is 9.12. The van der Waals surface area contributed by atoms with E-state index in [0.29, 0.717) is 30.0 Å². The third-order valence-corrected chi connectivity index (χ3v) is 2.60. The summed E-state index contributed by atoms with van der Waals surface area (Å²) >= 11 is 0. The zero-order valence-electron chi connectivity index (χ0n) is 11.2. The van der Waals surface area contributed by atoms with Crippen LogP contribution in [-0.4, -0.2) is 37.9 Å². The molecule has 0 bridgehead atoms. The summed E-state index contributed by atoms with van der Waals surface area (Å²) in [5, 5.41) is 12.6. The Labute approximate surface area is 112 Å². The van der Waals surface area contributed by atoms with E-state index >= 15 is 0 Å². The highest BCUT2D eigenvalue weighted by atomic mass is 16.5. The molecule has 1 aromatic carbocycles. The van der Waals surface area contributed by atoms with Crippen LogP contribution in [0.5, 0.6) is 5.75 Å². The van der Waals surface area contributed by atoms with Gasteiger partial charge in [0, 0.05) is 12.2 Å². The maximum Gasteiger partial charge on any atom is 0.340 e. The van der Waals surface area contributed by atoms with Crippen LogP contribution in [0.2, 0.25) is 0 Å². The van der Waals surface area contributed by atoms with Gasteiger partial charge in [-0.2, -0.15) is 0 Å². The van der Waals surface area contributed by atoms with Gasteiger partial charge in [0.1, 0.15) is 5.75 Å². The molecule has 104 valence electrons. The molecule has 0 aliphatic carbocycles. The SMILES string of the molecule is C=CCC(O)CNc1ccc(OC)cc1C(=O)OC. The quantitative estimate of drug-likeness (QED) is 0.581. The van der Waals surface area contributed by atoms with E-state index in [9.17, 15) is 9.90 Å². The van der Waals surface area contributed by atoms with Crippen LogP contribution >= 0.6 is 0 Å². The lowest BCUT2D eigenvalue weighted by Crippen LogP contribution is -2.20. The van der Waals surface area contributed by atoms with E-state index in [-0.39, 0.29) is 0 Å². The molecule has 19 heavy (non-hydrogen) atoms. The van der Waals surface area contributed by atoms with Crippen molar-refractivity contribution in [3.8, 4) is 5.75 Å². The van der Waals surface area contributed by atoms with E-state index in [1.54, 1.807) is 24.3 Å². The number of benzene rings is 1. The van der Waals surface area contributed by atoms with Crippen molar-refractivity contribution in [2.45, 2.75) is 12.5 Å². The van der Waals surface area contributed by atoms with Crippen LogP contribution in [0.4, 0.5) is 5.69 Å². The number of hydrogen-bond donors (Lipinski definition) is 2. The largest absolute Gasteiger partial charge is 0.497 e. The lowest BCUT2D eigenvalue weighted by molar-refractivity contribution is 0.0601. The summed E-state index contributed by atoms with van der Waals surface area (Å²) in [7, 11) is 2.84. The van der Waals surface area contributed by atoms with E-state index in [4.69, 9.17) is 9.47 Å². The first-order valence-electron chi connectivity index (χ1n) is 5.91. The van der Waals surface area contributed by atoms with Gasteiger partial charge in [0.15, 0.2) is 0 Å². The van der Waals surface area contributed by atoms with Crippen LogP contribution in [-0.2, 0) is 4.74 Å². The number of methoxy groups -OCH3 is 2. The molecule has 2 N–H and O–H groups in total. The summed E-state index contributed by atoms with van der Waals surface area (Å²) in [4.78, 5) is 11.7. The van der Waals surface area contributed by atoms with E-state index < -0.39 is 12.1 Å². The number of hydrogen-bond acceptors (Lipinski definition) is 5. The zero-order chi connectivity index (χ0) is 14.3. The topological polar surface area (TPSA) is 67.8 Å². The van der Waals surface area contributed by atoms with E-state index in [1.165, 1.54) is 14.2 Å². The van der Waals surface area contributed by atoms with Crippen molar-refractivity contribution in [1.82, 2.24) is 0 Å². The van der Waals surface area contributed by atoms with Gasteiger partial charge in [-0.25, -0.2) is 4.79 Å². The first kappa shape index (κ1) is 15.0. The van der Waals surface area contributed by atoms with Crippen LogP contribution in [0.25, 0.3) is 0 Å². The predicted molar refractivity (Wildman–Crippen MR) is 73.6 cm³/mol. The second kappa shape index (κ2) is 7.43. The maximum atomic E-state index is 11.7. The van der Waals surface area contributed by atoms with Gasteiger partial charge in [0.05, 0.1) is 25.9 Å². The van der Waals surface area contributed by atoms with E-state index in [1.807, 2.05) is 0 Å². The fraction of sp³-hybridized carbons (Fsp3) is 0.357. The molecular formula is C14H19NO4. The minimum Gasteiger partial charge on any atom is -0.497 e. The molecule has 0 amide bonds. The number of carbonyl (C=O) groups excluding carboxylic acids is 1. The Balaban J connectivity index is 2.86. The Bertz CT molecular complexity index is 445. The first-order valence-corrected chi connectivity index (χ1v) is 5.91. The summed E-state index contributed by atoms with van der Waals surface area (Å²) in [6.07, 6.45) is 1.57. The third kappa shape index (κ3) is 4.30. The fourth-order valence-electron chi connectivity index (χ4n) is 1.59. The minimum absolute atomic E-state index is 0.322. The molecule has 0 fully saturated rings. The van der Waals surface area contributed by atoms with Crippen LogP contribution in [0.3, 0.4) is 0 Å². The number of ether oxygens (including phenoxy) is 2. The molecule has 0 spiro atoms. The van der Waals surface area contributed by atoms with Gasteiger partial charge < -0.3 is 19.9 Å². The molecule has 0 aliphatic heterocycles. The zero-order valence-corrected chi connectivity index (χ0v) is 11.2. The average molecular weight is 265 g/mol. The highest BCUT2D eigenvalue weighted by Gasteiger charge is 2.13. The smallest absolute Gasteiger partial charge is 0.340 e. The second-order valence-corrected chi connectivity index (χ2v) is 3.96. The van der Waals surface area contributed by atoms with Crippen molar-refractivity contribution in [3.63, 3.8) is 0 Å². The average Bonchev–Trinajstić information content (AvgIpc) is 2.44. The number of carbonyl (C=O) groups is 1. The lowest BCUT2D eigenvalue weighted by atomic mass is 10.1. The molecule has 0 saturated carbocycles. The molecule has 0 aliphatic rings. The van der Waals surface area contributed by atoms with Gasteiger partial charge in [-0.3, -0.25) is 0 Å². The van der Waals surface area contributed by atoms with Crippen molar-refractivity contribution in [2.24, 2.45) is 0 Å². The van der Waals surface area contributed by atoms with Crippen molar-refractivity contribution in [1.29, 1.82) is 0 Å². The monoisotopic (exact) mass is 265 g/mol. The second-order valence-electron chi connectivity index (χ2n) is 3.96. The number of esters is 1. The van der Waals surface area contributed by atoms with Gasteiger partial charge in [-0.05, 0) is 24.6 Å². The molecule has 0 heterocycles. The molecule has 5 heteroatoms. The summed E-state index contributed by atoms with van der Waals surface area (Å²) in [6, 6.07) is 5.04. The Morgan fingerprint density at radius 2 is 2.26 bits per heavy atom. The lowest BCUT2D eigenvalue weighted by Gasteiger charge is -2.14. The maximum absolute atomic E-state index is 11.7. The molecule has 1 aromatic rings. The highest BCUT2D eigenvalue weighted by Crippen LogP contribution is 2.23. The summed E-state index contributed by atoms with van der Waals surface area (Å²) < 4.78 is 9.79. The highest BCUT2D eigenvalue weighted by molar-refractivity contribution is 5.96. The van der Waals surface area contributed by atoms with Crippen LogP contribution < -0.4 is 10.1 Å². The molecule has 1 unspecified atom stereocenters.